The third-order valence-corrected chi connectivity index (χ3v) is 2.42. The lowest BCUT2D eigenvalue weighted by atomic mass is 9.88. The molecule has 13 heavy (non-hydrogen) atoms. The molecule has 1 aromatic rings. The van der Waals surface area contributed by atoms with Crippen LogP contribution in [0.5, 0.6) is 0 Å². The van der Waals surface area contributed by atoms with Crippen LogP contribution in [0.15, 0.2) is 30.3 Å². The molecule has 0 heterocycles. The molecule has 0 fully saturated rings. The van der Waals surface area contributed by atoms with E-state index in [1.54, 1.807) is 0 Å². The lowest BCUT2D eigenvalue weighted by Crippen LogP contribution is -2.25. The van der Waals surface area contributed by atoms with Crippen molar-refractivity contribution >= 4 is 0 Å². The molecule has 0 radical (unpaired) electrons. The zero-order valence-electron chi connectivity index (χ0n) is 7.90. The zero-order valence-corrected chi connectivity index (χ0v) is 7.90. The second-order valence-electron chi connectivity index (χ2n) is 3.22. The summed E-state index contributed by atoms with van der Waals surface area (Å²) in [6.07, 6.45) is 1.02. The van der Waals surface area contributed by atoms with Crippen LogP contribution in [0.25, 0.3) is 0 Å². The molecule has 1 atom stereocenters. The Morgan fingerprint density at radius 1 is 1.23 bits per heavy atom. The van der Waals surface area contributed by atoms with Crippen molar-refractivity contribution in [2.45, 2.75) is 25.4 Å². The summed E-state index contributed by atoms with van der Waals surface area (Å²) in [6, 6.07) is 9.48. The highest BCUT2D eigenvalue weighted by atomic mass is 16.3. The van der Waals surface area contributed by atoms with Gasteiger partial charge in [0.25, 0.3) is 0 Å². The molecule has 0 aliphatic rings. The van der Waals surface area contributed by atoms with Crippen LogP contribution in [-0.2, 0) is 5.60 Å². The highest BCUT2D eigenvalue weighted by Gasteiger charge is 2.25. The van der Waals surface area contributed by atoms with Crippen LogP contribution in [0.1, 0.15) is 25.3 Å². The van der Waals surface area contributed by atoms with E-state index in [2.05, 4.69) is 0 Å². The maximum Gasteiger partial charge on any atom is 0.0915 e. The summed E-state index contributed by atoms with van der Waals surface area (Å²) in [5, 5.41) is 19.0. The van der Waals surface area contributed by atoms with E-state index < -0.39 is 5.60 Å². The predicted molar refractivity (Wildman–Crippen MR) is 52.3 cm³/mol. The Kier molecular flexibility index (Phi) is 3.46. The molecular formula is C11H16O2. The van der Waals surface area contributed by atoms with Gasteiger partial charge in [-0.15, -0.1) is 0 Å². The summed E-state index contributed by atoms with van der Waals surface area (Å²) < 4.78 is 0. The average molecular weight is 180 g/mol. The van der Waals surface area contributed by atoms with E-state index in [1.807, 2.05) is 37.3 Å². The van der Waals surface area contributed by atoms with Gasteiger partial charge in [0.05, 0.1) is 5.60 Å². The summed E-state index contributed by atoms with van der Waals surface area (Å²) in [5.41, 5.74) is 0.0160. The first kappa shape index (κ1) is 10.2. The quantitative estimate of drug-likeness (QED) is 0.740. The summed E-state index contributed by atoms with van der Waals surface area (Å²) >= 11 is 0. The number of rotatable bonds is 4. The Labute approximate surface area is 78.8 Å². The van der Waals surface area contributed by atoms with Crippen molar-refractivity contribution in [2.24, 2.45) is 0 Å². The Morgan fingerprint density at radius 2 is 1.85 bits per heavy atom. The fourth-order valence-corrected chi connectivity index (χ4v) is 1.46. The molecule has 0 aromatic heterocycles. The molecule has 2 nitrogen and oxygen atoms in total. The van der Waals surface area contributed by atoms with Crippen LogP contribution in [0.4, 0.5) is 0 Å². The molecule has 2 N–H and O–H groups in total. The van der Waals surface area contributed by atoms with Crippen molar-refractivity contribution in [1.82, 2.24) is 0 Å². The molecule has 0 unspecified atom stereocenters. The highest BCUT2D eigenvalue weighted by Crippen LogP contribution is 2.27. The first-order valence-corrected chi connectivity index (χ1v) is 4.61. The van der Waals surface area contributed by atoms with Crippen LogP contribution >= 0.6 is 0 Å². The third-order valence-electron chi connectivity index (χ3n) is 2.42. The van der Waals surface area contributed by atoms with Crippen LogP contribution in [0.2, 0.25) is 0 Å². The second-order valence-corrected chi connectivity index (χ2v) is 3.22. The maximum atomic E-state index is 10.1. The molecule has 72 valence electrons. The molecule has 0 saturated heterocycles. The van der Waals surface area contributed by atoms with E-state index >= 15 is 0 Å². The fraction of sp³-hybridized carbons (Fsp3) is 0.455. The van der Waals surface area contributed by atoms with Crippen molar-refractivity contribution in [3.8, 4) is 0 Å². The summed E-state index contributed by atoms with van der Waals surface area (Å²) in [6.45, 7) is 1.93. The Bertz CT molecular complexity index is 246. The highest BCUT2D eigenvalue weighted by molar-refractivity contribution is 5.21. The van der Waals surface area contributed by atoms with E-state index in [9.17, 15) is 5.11 Å². The molecule has 1 rings (SSSR count). The van der Waals surface area contributed by atoms with Crippen molar-refractivity contribution in [3.63, 3.8) is 0 Å². The second kappa shape index (κ2) is 4.40. The molecule has 1 aromatic carbocycles. The molecule has 0 spiro atoms. The van der Waals surface area contributed by atoms with Crippen molar-refractivity contribution in [2.75, 3.05) is 6.61 Å². The van der Waals surface area contributed by atoms with Gasteiger partial charge < -0.3 is 10.2 Å². The van der Waals surface area contributed by atoms with Gasteiger partial charge in [-0.25, -0.2) is 0 Å². The normalized spacial score (nSPS) is 15.3. The Morgan fingerprint density at radius 3 is 2.31 bits per heavy atom. The molecule has 0 bridgehead atoms. The number of hydrogen-bond acceptors (Lipinski definition) is 2. The van der Waals surface area contributed by atoms with Gasteiger partial charge in [-0.3, -0.25) is 0 Å². The van der Waals surface area contributed by atoms with Gasteiger partial charge in [0.15, 0.2) is 0 Å². The van der Waals surface area contributed by atoms with E-state index in [0.717, 1.165) is 5.56 Å². The summed E-state index contributed by atoms with van der Waals surface area (Å²) in [5.74, 6) is 0. The van der Waals surface area contributed by atoms with E-state index in [4.69, 9.17) is 5.11 Å². The van der Waals surface area contributed by atoms with Crippen LogP contribution < -0.4 is 0 Å². The van der Waals surface area contributed by atoms with E-state index in [1.165, 1.54) is 0 Å². The topological polar surface area (TPSA) is 40.5 Å². The van der Waals surface area contributed by atoms with E-state index in [0.29, 0.717) is 12.8 Å². The number of aliphatic hydroxyl groups is 2. The number of hydrogen-bond donors (Lipinski definition) is 2. The summed E-state index contributed by atoms with van der Waals surface area (Å²) in [4.78, 5) is 0. The van der Waals surface area contributed by atoms with Gasteiger partial charge in [0.2, 0.25) is 0 Å². The largest absolute Gasteiger partial charge is 0.396 e. The Balaban J connectivity index is 2.89. The smallest absolute Gasteiger partial charge is 0.0915 e. The van der Waals surface area contributed by atoms with Crippen molar-refractivity contribution in [1.29, 1.82) is 0 Å². The number of aliphatic hydroxyl groups excluding tert-OH is 1. The van der Waals surface area contributed by atoms with Gasteiger partial charge in [-0.2, -0.15) is 0 Å². The minimum atomic E-state index is -0.865. The van der Waals surface area contributed by atoms with Crippen LogP contribution in [0.3, 0.4) is 0 Å². The molecule has 0 aliphatic carbocycles. The van der Waals surface area contributed by atoms with Gasteiger partial charge >= 0.3 is 0 Å². The molecule has 0 aliphatic heterocycles. The molecular weight excluding hydrogens is 164 g/mol. The zero-order chi connectivity index (χ0) is 9.73. The van der Waals surface area contributed by atoms with Crippen LogP contribution in [-0.4, -0.2) is 16.8 Å². The van der Waals surface area contributed by atoms with Gasteiger partial charge in [-0.05, 0) is 12.0 Å². The van der Waals surface area contributed by atoms with Gasteiger partial charge in [-0.1, -0.05) is 37.3 Å². The standard InChI is InChI=1S/C11H16O2/c1-2-11(13,8-9-12)10-6-4-3-5-7-10/h3-7,12-13H,2,8-9H2,1H3/t11-/m0/s1. The van der Waals surface area contributed by atoms with Gasteiger partial charge in [0.1, 0.15) is 0 Å². The minimum Gasteiger partial charge on any atom is -0.396 e. The molecule has 0 amide bonds. The maximum absolute atomic E-state index is 10.1. The lowest BCUT2D eigenvalue weighted by Gasteiger charge is -2.26. The molecule has 0 saturated carbocycles. The summed E-state index contributed by atoms with van der Waals surface area (Å²) in [7, 11) is 0. The Hall–Kier alpha value is -0.860. The van der Waals surface area contributed by atoms with Crippen LogP contribution in [0, 0.1) is 0 Å². The SMILES string of the molecule is CC[C@](O)(CCO)c1ccccc1. The fourth-order valence-electron chi connectivity index (χ4n) is 1.46. The monoisotopic (exact) mass is 180 g/mol. The van der Waals surface area contributed by atoms with Crippen molar-refractivity contribution < 1.29 is 10.2 Å². The third kappa shape index (κ3) is 2.29. The average Bonchev–Trinajstić information content (AvgIpc) is 2.19. The first-order valence-electron chi connectivity index (χ1n) is 4.61. The predicted octanol–water partition coefficient (Wildman–Crippen LogP) is 1.67. The van der Waals surface area contributed by atoms with Crippen molar-refractivity contribution in [3.05, 3.63) is 35.9 Å². The first-order chi connectivity index (χ1) is 6.23. The van der Waals surface area contributed by atoms with E-state index in [-0.39, 0.29) is 6.61 Å². The minimum absolute atomic E-state index is 0.0131. The van der Waals surface area contributed by atoms with Gasteiger partial charge in [0, 0.05) is 13.0 Å². The molecule has 2 heteroatoms. The lowest BCUT2D eigenvalue weighted by molar-refractivity contribution is 0.00779. The number of benzene rings is 1.